The number of carbonyl (C=O) groups excluding carboxylic acids is 1. The van der Waals surface area contributed by atoms with E-state index in [9.17, 15) is 4.79 Å². The number of benzene rings is 1. The molecule has 6 nitrogen and oxygen atoms in total. The molecule has 1 aromatic carbocycles. The van der Waals surface area contributed by atoms with Gasteiger partial charge in [-0.2, -0.15) is 0 Å². The van der Waals surface area contributed by atoms with Crippen LogP contribution in [0.25, 0.3) is 11.4 Å². The molecule has 0 unspecified atom stereocenters. The lowest BCUT2D eigenvalue weighted by Crippen LogP contribution is -2.33. The highest BCUT2D eigenvalue weighted by Gasteiger charge is 2.31. The number of rotatable bonds is 7. The second kappa shape index (κ2) is 8.78. The van der Waals surface area contributed by atoms with E-state index in [1.54, 1.807) is 7.11 Å². The second-order valence-electron chi connectivity index (χ2n) is 8.28. The molecule has 1 N–H and O–H groups in total. The van der Waals surface area contributed by atoms with E-state index in [0.29, 0.717) is 18.0 Å². The Morgan fingerprint density at radius 3 is 2.55 bits per heavy atom. The van der Waals surface area contributed by atoms with Crippen molar-refractivity contribution in [2.45, 2.75) is 74.9 Å². The third kappa shape index (κ3) is 4.60. The number of amides is 1. The van der Waals surface area contributed by atoms with E-state index in [1.807, 2.05) is 31.2 Å². The Morgan fingerprint density at radius 1 is 1.17 bits per heavy atom. The van der Waals surface area contributed by atoms with Crippen LogP contribution in [0.5, 0.6) is 5.75 Å². The van der Waals surface area contributed by atoms with Crippen LogP contribution >= 0.6 is 11.8 Å². The van der Waals surface area contributed by atoms with Gasteiger partial charge in [-0.05, 0) is 62.8 Å². The average Bonchev–Trinajstić information content (AvgIpc) is 3.46. The van der Waals surface area contributed by atoms with Crippen LogP contribution in [0.15, 0.2) is 29.4 Å². The smallest absolute Gasteiger partial charge is 0.233 e. The zero-order valence-corrected chi connectivity index (χ0v) is 18.2. The quantitative estimate of drug-likeness (QED) is 0.677. The van der Waals surface area contributed by atoms with Crippen LogP contribution < -0.4 is 10.1 Å². The molecule has 0 radical (unpaired) electrons. The number of hydrogen-bond acceptors (Lipinski definition) is 5. The number of methoxy groups -OCH3 is 1. The van der Waals surface area contributed by atoms with Crippen LogP contribution in [-0.4, -0.2) is 39.1 Å². The number of nitrogens with zero attached hydrogens (tertiary/aromatic N) is 3. The van der Waals surface area contributed by atoms with Gasteiger partial charge in [-0.25, -0.2) is 0 Å². The van der Waals surface area contributed by atoms with Gasteiger partial charge in [0.25, 0.3) is 0 Å². The third-order valence-corrected chi connectivity index (χ3v) is 7.04. The molecule has 0 spiro atoms. The molecule has 2 saturated carbocycles. The maximum atomic E-state index is 12.5. The maximum Gasteiger partial charge on any atom is 0.233 e. The summed E-state index contributed by atoms with van der Waals surface area (Å²) < 4.78 is 7.59. The van der Waals surface area contributed by atoms with E-state index in [-0.39, 0.29) is 11.2 Å². The van der Waals surface area contributed by atoms with Gasteiger partial charge in [-0.1, -0.05) is 31.5 Å². The van der Waals surface area contributed by atoms with Crippen molar-refractivity contribution in [2.75, 3.05) is 7.11 Å². The number of aromatic nitrogens is 3. The van der Waals surface area contributed by atoms with Crippen molar-refractivity contribution in [3.8, 4) is 17.1 Å². The molecule has 1 amide bonds. The first-order valence-electron chi connectivity index (χ1n) is 10.6. The molecule has 2 fully saturated rings. The minimum Gasteiger partial charge on any atom is -0.497 e. The first-order chi connectivity index (χ1) is 14.1. The fourth-order valence-corrected chi connectivity index (χ4v) is 4.95. The lowest BCUT2D eigenvalue weighted by Gasteiger charge is -2.31. The molecule has 0 saturated heterocycles. The largest absolute Gasteiger partial charge is 0.497 e. The van der Waals surface area contributed by atoms with Gasteiger partial charge in [-0.3, -0.25) is 9.36 Å². The summed E-state index contributed by atoms with van der Waals surface area (Å²) in [7, 11) is 1.67. The van der Waals surface area contributed by atoms with Crippen molar-refractivity contribution in [1.82, 2.24) is 20.1 Å². The molecule has 0 bridgehead atoms. The molecule has 0 aliphatic heterocycles. The van der Waals surface area contributed by atoms with Gasteiger partial charge in [0.2, 0.25) is 5.91 Å². The molecule has 7 heteroatoms. The number of carbonyl (C=O) groups is 1. The van der Waals surface area contributed by atoms with E-state index in [2.05, 4.69) is 27.0 Å². The van der Waals surface area contributed by atoms with Crippen molar-refractivity contribution >= 4 is 17.7 Å². The van der Waals surface area contributed by atoms with E-state index in [1.165, 1.54) is 31.0 Å². The van der Waals surface area contributed by atoms with Gasteiger partial charge < -0.3 is 10.1 Å². The summed E-state index contributed by atoms with van der Waals surface area (Å²) in [6, 6.07) is 8.71. The predicted molar refractivity (Wildman–Crippen MR) is 115 cm³/mol. The zero-order chi connectivity index (χ0) is 20.4. The second-order valence-corrected chi connectivity index (χ2v) is 9.58. The van der Waals surface area contributed by atoms with Gasteiger partial charge in [0, 0.05) is 17.6 Å². The molecule has 29 heavy (non-hydrogen) atoms. The Morgan fingerprint density at radius 2 is 1.90 bits per heavy atom. The Bertz CT molecular complexity index is 847. The van der Waals surface area contributed by atoms with Gasteiger partial charge in [0.05, 0.1) is 12.4 Å². The lowest BCUT2D eigenvalue weighted by atomic mass is 9.85. The average molecular weight is 415 g/mol. The van der Waals surface area contributed by atoms with Crippen LogP contribution in [0, 0.1) is 5.92 Å². The fraction of sp³-hybridized carbons (Fsp3) is 0.591. The number of thioether (sulfide) groups is 1. The Balaban J connectivity index is 1.64. The molecular formula is C22H30N4O2S. The van der Waals surface area contributed by atoms with Gasteiger partial charge in [-0.15, -0.1) is 10.2 Å². The van der Waals surface area contributed by atoms with Gasteiger partial charge in [0.15, 0.2) is 11.0 Å². The summed E-state index contributed by atoms with van der Waals surface area (Å²) in [4.78, 5) is 12.5. The summed E-state index contributed by atoms with van der Waals surface area (Å²) in [6.07, 6.45) is 7.03. The minimum atomic E-state index is -0.193. The molecule has 2 aliphatic carbocycles. The van der Waals surface area contributed by atoms with E-state index < -0.39 is 0 Å². The Labute approximate surface area is 176 Å². The summed E-state index contributed by atoms with van der Waals surface area (Å²) in [5, 5.41) is 12.8. The SMILES string of the molecule is COc1ccc(-c2nnc(S[C@@H](C)C(=O)NC3CC3)n2[C@H]2CCCC[C@@H]2C)cc1. The van der Waals surface area contributed by atoms with Gasteiger partial charge in [0.1, 0.15) is 5.75 Å². The highest BCUT2D eigenvalue weighted by Crippen LogP contribution is 2.40. The van der Waals surface area contributed by atoms with E-state index in [4.69, 9.17) is 4.74 Å². The van der Waals surface area contributed by atoms with Gasteiger partial charge >= 0.3 is 0 Å². The van der Waals surface area contributed by atoms with E-state index >= 15 is 0 Å². The minimum absolute atomic E-state index is 0.0924. The molecule has 156 valence electrons. The van der Waals surface area contributed by atoms with Crippen LogP contribution in [0.3, 0.4) is 0 Å². The van der Waals surface area contributed by atoms with Crippen LogP contribution in [0.1, 0.15) is 58.4 Å². The zero-order valence-electron chi connectivity index (χ0n) is 17.4. The maximum absolute atomic E-state index is 12.5. The van der Waals surface area contributed by atoms with Crippen molar-refractivity contribution in [3.63, 3.8) is 0 Å². The van der Waals surface area contributed by atoms with Crippen molar-refractivity contribution in [1.29, 1.82) is 0 Å². The molecule has 4 rings (SSSR count). The first-order valence-corrected chi connectivity index (χ1v) is 11.5. The van der Waals surface area contributed by atoms with E-state index in [0.717, 1.165) is 41.6 Å². The first kappa shape index (κ1) is 20.3. The normalized spacial score (nSPS) is 22.9. The predicted octanol–water partition coefficient (Wildman–Crippen LogP) is 4.46. The van der Waals surface area contributed by atoms with Crippen LogP contribution in [-0.2, 0) is 4.79 Å². The standard InChI is InChI=1S/C22H30N4O2S/c1-14-6-4-5-7-19(14)26-20(16-8-12-18(28-3)13-9-16)24-25-22(26)29-15(2)21(27)23-17-10-11-17/h8-9,12-15,17,19H,4-7,10-11H2,1-3H3,(H,23,27)/t14-,15-,19-/m0/s1. The topological polar surface area (TPSA) is 69.0 Å². The van der Waals surface area contributed by atoms with Crippen molar-refractivity contribution < 1.29 is 9.53 Å². The Hall–Kier alpha value is -2.02. The monoisotopic (exact) mass is 414 g/mol. The summed E-state index contributed by atoms with van der Waals surface area (Å²) in [5.74, 6) is 2.36. The molecular weight excluding hydrogens is 384 g/mol. The molecule has 1 heterocycles. The van der Waals surface area contributed by atoms with Crippen molar-refractivity contribution in [2.24, 2.45) is 5.92 Å². The number of nitrogens with one attached hydrogen (secondary N) is 1. The molecule has 1 aromatic heterocycles. The molecule has 2 aliphatic rings. The summed E-state index contributed by atoms with van der Waals surface area (Å²) >= 11 is 1.52. The highest BCUT2D eigenvalue weighted by molar-refractivity contribution is 8.00. The third-order valence-electron chi connectivity index (χ3n) is 5.99. The summed E-state index contributed by atoms with van der Waals surface area (Å²) in [6.45, 7) is 4.28. The van der Waals surface area contributed by atoms with Crippen LogP contribution in [0.4, 0.5) is 0 Å². The van der Waals surface area contributed by atoms with Crippen LogP contribution in [0.2, 0.25) is 0 Å². The molecule has 3 atom stereocenters. The number of ether oxygens (including phenoxy) is 1. The molecule has 2 aromatic rings. The fourth-order valence-electron chi connectivity index (χ4n) is 4.03. The van der Waals surface area contributed by atoms with Crippen molar-refractivity contribution in [3.05, 3.63) is 24.3 Å². The Kier molecular flexibility index (Phi) is 6.13. The lowest BCUT2D eigenvalue weighted by molar-refractivity contribution is -0.120. The summed E-state index contributed by atoms with van der Waals surface area (Å²) in [5.41, 5.74) is 1.03. The number of hydrogen-bond donors (Lipinski definition) is 1. The highest BCUT2D eigenvalue weighted by atomic mass is 32.2.